The van der Waals surface area contributed by atoms with Crippen LogP contribution in [0.15, 0.2) is 61.1 Å². The molecule has 2 heterocycles. The molecule has 1 aromatic carbocycles. The number of pyridine rings is 1. The van der Waals surface area contributed by atoms with Crippen LogP contribution in [0, 0.1) is 6.92 Å². The summed E-state index contributed by atoms with van der Waals surface area (Å²) in [4.78, 5) is 16.0. The van der Waals surface area contributed by atoms with E-state index in [4.69, 9.17) is 11.6 Å². The summed E-state index contributed by atoms with van der Waals surface area (Å²) >= 11 is 6.05. The fourth-order valence-corrected chi connectivity index (χ4v) is 3.80. The molecule has 2 aromatic heterocycles. The number of hydrogen-bond acceptors (Lipinski definition) is 4. The first-order valence-electron chi connectivity index (χ1n) is 7.74. The maximum Gasteiger partial charge on any atom is 0.274 e. The Kier molecular flexibility index (Phi) is 5.11. The lowest BCUT2D eigenvalue weighted by atomic mass is 10.2. The molecular weight excluding hydrogens is 374 g/mol. The van der Waals surface area contributed by atoms with Crippen molar-refractivity contribution in [1.82, 2.24) is 8.96 Å². The van der Waals surface area contributed by atoms with E-state index in [9.17, 15) is 13.2 Å². The third kappa shape index (κ3) is 4.12. The van der Waals surface area contributed by atoms with Crippen molar-refractivity contribution < 1.29 is 13.2 Å². The minimum atomic E-state index is -3.63. The molecule has 8 heteroatoms. The van der Waals surface area contributed by atoms with Gasteiger partial charge in [0.25, 0.3) is 5.91 Å². The zero-order valence-corrected chi connectivity index (χ0v) is 15.5. The van der Waals surface area contributed by atoms with E-state index in [0.717, 1.165) is 9.54 Å². The van der Waals surface area contributed by atoms with Crippen molar-refractivity contribution in [2.45, 2.75) is 12.7 Å². The fourth-order valence-electron chi connectivity index (χ4n) is 2.33. The average molecular weight is 390 g/mol. The van der Waals surface area contributed by atoms with Crippen molar-refractivity contribution in [2.24, 2.45) is 0 Å². The Morgan fingerprint density at radius 3 is 2.73 bits per heavy atom. The van der Waals surface area contributed by atoms with E-state index in [0.29, 0.717) is 16.3 Å². The molecular formula is C18H16ClN3O3S. The predicted octanol–water partition coefficient (Wildman–Crippen LogP) is 3.48. The molecule has 0 spiro atoms. The summed E-state index contributed by atoms with van der Waals surface area (Å²) in [6, 6.07) is 11.6. The van der Waals surface area contributed by atoms with Crippen molar-refractivity contribution in [3.63, 3.8) is 0 Å². The second-order valence-electron chi connectivity index (χ2n) is 5.74. The molecule has 0 aliphatic carbocycles. The zero-order valence-electron chi connectivity index (χ0n) is 13.9. The Morgan fingerprint density at radius 1 is 1.23 bits per heavy atom. The van der Waals surface area contributed by atoms with Crippen LogP contribution in [0.25, 0.3) is 0 Å². The Hall–Kier alpha value is -2.64. The molecule has 0 aliphatic rings. The molecule has 6 nitrogen and oxygen atoms in total. The summed E-state index contributed by atoms with van der Waals surface area (Å²) < 4.78 is 26.2. The largest absolute Gasteiger partial charge is 0.319 e. The van der Waals surface area contributed by atoms with Crippen LogP contribution < -0.4 is 5.32 Å². The van der Waals surface area contributed by atoms with E-state index in [1.165, 1.54) is 24.7 Å². The van der Waals surface area contributed by atoms with Crippen LogP contribution in [-0.2, 0) is 15.8 Å². The smallest absolute Gasteiger partial charge is 0.274 e. The number of aromatic nitrogens is 2. The molecule has 0 bridgehead atoms. The van der Waals surface area contributed by atoms with Gasteiger partial charge >= 0.3 is 0 Å². The molecule has 0 fully saturated rings. The van der Waals surface area contributed by atoms with Crippen LogP contribution in [0.5, 0.6) is 0 Å². The zero-order chi connectivity index (χ0) is 18.7. The number of nitrogens with zero attached hydrogens (tertiary/aromatic N) is 2. The highest BCUT2D eigenvalue weighted by Gasteiger charge is 2.16. The van der Waals surface area contributed by atoms with Crippen molar-refractivity contribution in [3.05, 3.63) is 82.9 Å². The third-order valence-corrected chi connectivity index (χ3v) is 5.70. The van der Waals surface area contributed by atoms with Gasteiger partial charge in [-0.15, -0.1) is 0 Å². The van der Waals surface area contributed by atoms with Gasteiger partial charge in [0, 0.05) is 23.6 Å². The average Bonchev–Trinajstić information content (AvgIpc) is 3.08. The van der Waals surface area contributed by atoms with Gasteiger partial charge < -0.3 is 5.32 Å². The quantitative estimate of drug-likeness (QED) is 0.724. The summed E-state index contributed by atoms with van der Waals surface area (Å²) in [6.45, 7) is 1.85. The third-order valence-electron chi connectivity index (χ3n) is 3.73. The molecule has 0 saturated carbocycles. The summed E-state index contributed by atoms with van der Waals surface area (Å²) in [7, 11) is -3.63. The minimum Gasteiger partial charge on any atom is -0.319 e. The van der Waals surface area contributed by atoms with E-state index in [1.54, 1.807) is 36.4 Å². The number of rotatable bonds is 5. The number of carbonyl (C=O) groups excluding carboxylic acids is 1. The number of carbonyl (C=O) groups is 1. The lowest BCUT2D eigenvalue weighted by Gasteiger charge is -2.07. The predicted molar refractivity (Wildman–Crippen MR) is 101 cm³/mol. The second-order valence-corrected chi connectivity index (χ2v) is 8.02. The fraction of sp³-hybridized carbons (Fsp3) is 0.111. The number of amides is 1. The number of hydrogen-bond donors (Lipinski definition) is 1. The van der Waals surface area contributed by atoms with Gasteiger partial charge in [0.1, 0.15) is 5.69 Å². The van der Waals surface area contributed by atoms with Crippen LogP contribution in [0.4, 0.5) is 5.69 Å². The van der Waals surface area contributed by atoms with Crippen molar-refractivity contribution in [2.75, 3.05) is 5.32 Å². The lowest BCUT2D eigenvalue weighted by molar-refractivity contribution is 0.102. The van der Waals surface area contributed by atoms with Crippen molar-refractivity contribution in [1.29, 1.82) is 0 Å². The normalized spacial score (nSPS) is 11.3. The first-order chi connectivity index (χ1) is 12.3. The maximum absolute atomic E-state index is 12.6. The summed E-state index contributed by atoms with van der Waals surface area (Å²) in [5.74, 6) is -0.610. The van der Waals surface area contributed by atoms with Gasteiger partial charge in [0.15, 0.2) is 0 Å². The molecule has 0 radical (unpaired) electrons. The number of aryl methyl sites for hydroxylation is 1. The molecule has 3 rings (SSSR count). The number of anilines is 1. The minimum absolute atomic E-state index is 0.199. The van der Waals surface area contributed by atoms with E-state index >= 15 is 0 Å². The molecule has 0 saturated heterocycles. The van der Waals surface area contributed by atoms with Crippen LogP contribution in [0.2, 0.25) is 5.02 Å². The highest BCUT2D eigenvalue weighted by Crippen LogP contribution is 2.20. The first kappa shape index (κ1) is 18.2. The number of benzene rings is 1. The van der Waals surface area contributed by atoms with Gasteiger partial charge in [-0.1, -0.05) is 29.8 Å². The van der Waals surface area contributed by atoms with Gasteiger partial charge in [-0.3, -0.25) is 13.8 Å². The standard InChI is InChI=1S/C18H16ClN3O3S/c1-13-5-6-14(10-16(13)19)12-26(24,25)22-9-7-15(11-22)21-18(23)17-4-2-3-8-20-17/h2-11H,12H2,1H3,(H,21,23). The molecule has 134 valence electrons. The lowest BCUT2D eigenvalue weighted by Crippen LogP contribution is -2.15. The van der Waals surface area contributed by atoms with Gasteiger partial charge in [-0.05, 0) is 42.3 Å². The number of nitrogens with one attached hydrogen (secondary N) is 1. The Balaban J connectivity index is 1.75. The van der Waals surface area contributed by atoms with E-state index < -0.39 is 15.9 Å². The maximum atomic E-state index is 12.6. The Bertz CT molecular complexity index is 1050. The van der Waals surface area contributed by atoms with Gasteiger partial charge in [-0.2, -0.15) is 0 Å². The van der Waals surface area contributed by atoms with Crippen LogP contribution >= 0.6 is 11.6 Å². The first-order valence-corrected chi connectivity index (χ1v) is 9.72. The topological polar surface area (TPSA) is 81.1 Å². The summed E-state index contributed by atoms with van der Waals surface area (Å²) in [5.41, 5.74) is 2.09. The Labute approximate surface area is 156 Å². The molecule has 0 aliphatic heterocycles. The van der Waals surface area contributed by atoms with Crippen LogP contribution in [0.3, 0.4) is 0 Å². The number of halogens is 1. The van der Waals surface area contributed by atoms with E-state index in [2.05, 4.69) is 10.3 Å². The molecule has 1 amide bonds. The van der Waals surface area contributed by atoms with Gasteiger partial charge in [0.05, 0.1) is 11.4 Å². The molecule has 26 heavy (non-hydrogen) atoms. The monoisotopic (exact) mass is 389 g/mol. The van der Waals surface area contributed by atoms with Crippen molar-refractivity contribution >= 4 is 33.2 Å². The molecule has 3 aromatic rings. The summed E-state index contributed by atoms with van der Waals surface area (Å²) in [5, 5.41) is 3.15. The second kappa shape index (κ2) is 7.31. The summed E-state index contributed by atoms with van der Waals surface area (Å²) in [6.07, 6.45) is 4.25. The van der Waals surface area contributed by atoms with E-state index in [-0.39, 0.29) is 11.4 Å². The molecule has 0 atom stereocenters. The van der Waals surface area contributed by atoms with Crippen molar-refractivity contribution in [3.8, 4) is 0 Å². The Morgan fingerprint density at radius 2 is 2.04 bits per heavy atom. The molecule has 0 unspecified atom stereocenters. The van der Waals surface area contributed by atoms with Crippen LogP contribution in [0.1, 0.15) is 21.6 Å². The van der Waals surface area contributed by atoms with Gasteiger partial charge in [-0.25, -0.2) is 8.42 Å². The highest BCUT2D eigenvalue weighted by molar-refractivity contribution is 7.89. The molecule has 1 N–H and O–H groups in total. The SMILES string of the molecule is Cc1ccc(CS(=O)(=O)n2ccc(NC(=O)c3ccccn3)c2)cc1Cl. The van der Waals surface area contributed by atoms with Gasteiger partial charge in [0.2, 0.25) is 10.0 Å². The van der Waals surface area contributed by atoms with E-state index in [1.807, 2.05) is 6.92 Å². The van der Waals surface area contributed by atoms with Crippen LogP contribution in [-0.4, -0.2) is 23.3 Å². The highest BCUT2D eigenvalue weighted by atomic mass is 35.5.